The molecule has 0 aromatic heterocycles. The summed E-state index contributed by atoms with van der Waals surface area (Å²) < 4.78 is 0. The number of aliphatic hydroxyl groups is 1. The Kier molecular flexibility index (Phi) is 4.88. The first-order valence-corrected chi connectivity index (χ1v) is 9.61. The van der Waals surface area contributed by atoms with Crippen LogP contribution >= 0.6 is 0 Å². The van der Waals surface area contributed by atoms with E-state index in [1.165, 1.54) is 17.0 Å². The zero-order valence-corrected chi connectivity index (χ0v) is 16.7. The van der Waals surface area contributed by atoms with Crippen LogP contribution < -0.4 is 4.90 Å². The molecule has 1 saturated heterocycles. The van der Waals surface area contributed by atoms with Crippen molar-refractivity contribution in [1.82, 2.24) is 0 Å². The Balaban J connectivity index is 1.96. The van der Waals surface area contributed by atoms with Crippen LogP contribution in [0.5, 0.6) is 5.75 Å². The SMILES string of the molecule is Cc1ccc(/C(O)=C2\C(=O)C(=O)N(c3ccccc3C)C2c2ccc(O)cc2)cc1. The lowest BCUT2D eigenvalue weighted by atomic mass is 9.94. The van der Waals surface area contributed by atoms with Gasteiger partial charge in [-0.25, -0.2) is 0 Å². The van der Waals surface area contributed by atoms with Crippen LogP contribution in [0.2, 0.25) is 0 Å². The average Bonchev–Trinajstić information content (AvgIpc) is 3.00. The van der Waals surface area contributed by atoms with Crippen LogP contribution in [-0.2, 0) is 9.59 Å². The number of amides is 1. The number of carbonyl (C=O) groups is 2. The fraction of sp³-hybridized carbons (Fsp3) is 0.120. The molecule has 1 unspecified atom stereocenters. The topological polar surface area (TPSA) is 77.8 Å². The van der Waals surface area contributed by atoms with E-state index < -0.39 is 17.7 Å². The van der Waals surface area contributed by atoms with Crippen LogP contribution in [0.1, 0.15) is 28.3 Å². The number of phenolic OH excluding ortho intramolecular Hbond substituents is 1. The van der Waals surface area contributed by atoms with E-state index in [0.717, 1.165) is 11.1 Å². The molecule has 0 saturated carbocycles. The summed E-state index contributed by atoms with van der Waals surface area (Å²) in [5, 5.41) is 20.8. The minimum absolute atomic E-state index is 0.0257. The lowest BCUT2D eigenvalue weighted by molar-refractivity contribution is -0.132. The summed E-state index contributed by atoms with van der Waals surface area (Å²) in [6, 6.07) is 19.9. The third-order valence-electron chi connectivity index (χ3n) is 5.35. The van der Waals surface area contributed by atoms with E-state index in [4.69, 9.17) is 0 Å². The first-order chi connectivity index (χ1) is 14.4. The summed E-state index contributed by atoms with van der Waals surface area (Å²) in [6.07, 6.45) is 0. The number of carbonyl (C=O) groups excluding carboxylic acids is 2. The van der Waals surface area contributed by atoms with Gasteiger partial charge in [0.05, 0.1) is 11.6 Å². The lowest BCUT2D eigenvalue weighted by Gasteiger charge is -2.26. The highest BCUT2D eigenvalue weighted by atomic mass is 16.3. The molecule has 5 nitrogen and oxygen atoms in total. The van der Waals surface area contributed by atoms with Gasteiger partial charge < -0.3 is 10.2 Å². The van der Waals surface area contributed by atoms with E-state index >= 15 is 0 Å². The first-order valence-electron chi connectivity index (χ1n) is 9.61. The molecule has 5 heteroatoms. The second kappa shape index (κ2) is 7.52. The quantitative estimate of drug-likeness (QED) is 0.382. The Labute approximate surface area is 174 Å². The second-order valence-electron chi connectivity index (χ2n) is 7.41. The molecule has 0 bridgehead atoms. The number of anilines is 1. The van der Waals surface area contributed by atoms with Gasteiger partial charge in [0.25, 0.3) is 11.7 Å². The second-order valence-corrected chi connectivity index (χ2v) is 7.41. The molecule has 1 aliphatic rings. The molecule has 4 rings (SSSR count). The summed E-state index contributed by atoms with van der Waals surface area (Å²) in [5.74, 6) is -1.59. The predicted molar refractivity (Wildman–Crippen MR) is 115 cm³/mol. The van der Waals surface area contributed by atoms with Crippen molar-refractivity contribution in [2.24, 2.45) is 0 Å². The lowest BCUT2D eigenvalue weighted by Crippen LogP contribution is -2.30. The molecule has 3 aromatic carbocycles. The minimum atomic E-state index is -0.812. The number of hydrogen-bond acceptors (Lipinski definition) is 4. The fourth-order valence-electron chi connectivity index (χ4n) is 3.75. The maximum absolute atomic E-state index is 13.1. The largest absolute Gasteiger partial charge is 0.508 e. The highest BCUT2D eigenvalue weighted by Gasteiger charge is 2.47. The van der Waals surface area contributed by atoms with Gasteiger partial charge >= 0.3 is 0 Å². The van der Waals surface area contributed by atoms with Crippen molar-refractivity contribution < 1.29 is 19.8 Å². The maximum Gasteiger partial charge on any atom is 0.300 e. The number of Topliss-reactive ketones (excluding diaryl/α,β-unsaturated/α-hetero) is 1. The van der Waals surface area contributed by atoms with Crippen LogP contribution in [0.3, 0.4) is 0 Å². The number of aryl methyl sites for hydroxylation is 2. The van der Waals surface area contributed by atoms with Gasteiger partial charge in [-0.1, -0.05) is 60.2 Å². The van der Waals surface area contributed by atoms with E-state index in [2.05, 4.69) is 0 Å². The summed E-state index contributed by atoms with van der Waals surface area (Å²) in [5.41, 5.74) is 3.55. The molecular formula is C25H21NO4. The zero-order valence-electron chi connectivity index (χ0n) is 16.7. The van der Waals surface area contributed by atoms with Gasteiger partial charge in [-0.3, -0.25) is 14.5 Å². The number of rotatable bonds is 3. The molecule has 2 N–H and O–H groups in total. The van der Waals surface area contributed by atoms with Crippen LogP contribution in [-0.4, -0.2) is 21.9 Å². The van der Waals surface area contributed by atoms with E-state index in [0.29, 0.717) is 16.8 Å². The molecule has 1 fully saturated rings. The van der Waals surface area contributed by atoms with Crippen molar-refractivity contribution in [3.05, 3.63) is 101 Å². The Morgan fingerprint density at radius 2 is 1.50 bits per heavy atom. The van der Waals surface area contributed by atoms with Crippen LogP contribution in [0.15, 0.2) is 78.4 Å². The summed E-state index contributed by atoms with van der Waals surface area (Å²) in [6.45, 7) is 3.79. The normalized spacial score (nSPS) is 18.1. The average molecular weight is 399 g/mol. The van der Waals surface area contributed by atoms with Crippen molar-refractivity contribution >= 4 is 23.1 Å². The first kappa shape index (κ1) is 19.5. The van der Waals surface area contributed by atoms with Crippen LogP contribution in [0.4, 0.5) is 5.69 Å². The molecule has 0 radical (unpaired) electrons. The zero-order chi connectivity index (χ0) is 21.4. The molecular weight excluding hydrogens is 378 g/mol. The molecule has 30 heavy (non-hydrogen) atoms. The number of hydrogen-bond donors (Lipinski definition) is 2. The summed E-state index contributed by atoms with van der Waals surface area (Å²) in [7, 11) is 0. The van der Waals surface area contributed by atoms with Gasteiger partial charge in [-0.15, -0.1) is 0 Å². The highest BCUT2D eigenvalue weighted by molar-refractivity contribution is 6.51. The molecule has 1 amide bonds. The van der Waals surface area contributed by atoms with E-state index in [9.17, 15) is 19.8 Å². The van der Waals surface area contributed by atoms with Gasteiger partial charge in [0.15, 0.2) is 0 Å². The van der Waals surface area contributed by atoms with Crippen LogP contribution in [0.25, 0.3) is 5.76 Å². The van der Waals surface area contributed by atoms with Crippen molar-refractivity contribution in [2.45, 2.75) is 19.9 Å². The maximum atomic E-state index is 13.1. The number of phenols is 1. The minimum Gasteiger partial charge on any atom is -0.508 e. The number of nitrogens with zero attached hydrogens (tertiary/aromatic N) is 1. The Bertz CT molecular complexity index is 1160. The smallest absolute Gasteiger partial charge is 0.300 e. The summed E-state index contributed by atoms with van der Waals surface area (Å²) in [4.78, 5) is 27.6. The monoisotopic (exact) mass is 399 g/mol. The molecule has 1 heterocycles. The summed E-state index contributed by atoms with van der Waals surface area (Å²) >= 11 is 0. The van der Waals surface area contributed by atoms with Gasteiger partial charge in [-0.05, 0) is 43.2 Å². The Hall–Kier alpha value is -3.86. The van der Waals surface area contributed by atoms with Crippen LogP contribution in [0, 0.1) is 13.8 Å². The van der Waals surface area contributed by atoms with Gasteiger partial charge in [0.1, 0.15) is 11.5 Å². The third-order valence-corrected chi connectivity index (χ3v) is 5.35. The molecule has 1 aliphatic heterocycles. The standard InChI is InChI=1S/C25H21NO4/c1-15-7-9-18(10-8-15)23(28)21-22(17-11-13-19(27)14-12-17)26(25(30)24(21)29)20-6-4-3-5-16(20)2/h3-14,22,27-28H,1-2H3/b23-21+. The van der Waals surface area contributed by atoms with Gasteiger partial charge in [-0.2, -0.15) is 0 Å². The predicted octanol–water partition coefficient (Wildman–Crippen LogP) is 4.64. The third kappa shape index (κ3) is 3.24. The number of benzene rings is 3. The fourth-order valence-corrected chi connectivity index (χ4v) is 3.75. The Morgan fingerprint density at radius 1 is 0.867 bits per heavy atom. The number of ketones is 1. The van der Waals surface area contributed by atoms with Gasteiger partial charge in [0, 0.05) is 11.3 Å². The van der Waals surface area contributed by atoms with E-state index in [1.54, 1.807) is 36.4 Å². The number of para-hydroxylation sites is 1. The number of aliphatic hydroxyl groups excluding tert-OH is 1. The van der Waals surface area contributed by atoms with E-state index in [-0.39, 0.29) is 17.1 Å². The van der Waals surface area contributed by atoms with Crippen molar-refractivity contribution in [3.8, 4) is 5.75 Å². The van der Waals surface area contributed by atoms with Crippen molar-refractivity contribution in [1.29, 1.82) is 0 Å². The molecule has 3 aromatic rings. The highest BCUT2D eigenvalue weighted by Crippen LogP contribution is 2.43. The Morgan fingerprint density at radius 3 is 2.13 bits per heavy atom. The number of aromatic hydroxyl groups is 1. The van der Waals surface area contributed by atoms with E-state index in [1.807, 2.05) is 38.1 Å². The molecule has 0 aliphatic carbocycles. The molecule has 150 valence electrons. The molecule has 1 atom stereocenters. The molecule has 0 spiro atoms. The van der Waals surface area contributed by atoms with Crippen molar-refractivity contribution in [3.63, 3.8) is 0 Å². The van der Waals surface area contributed by atoms with Gasteiger partial charge in [0.2, 0.25) is 0 Å². The van der Waals surface area contributed by atoms with Crippen molar-refractivity contribution in [2.75, 3.05) is 4.90 Å².